The van der Waals surface area contributed by atoms with Gasteiger partial charge in [0.15, 0.2) is 0 Å². The molecule has 0 radical (unpaired) electrons. The first-order chi connectivity index (χ1) is 19.6. The quantitative estimate of drug-likeness (QED) is 0.276. The van der Waals surface area contributed by atoms with Crippen LogP contribution in [0.2, 0.25) is 5.02 Å². The number of carbonyl (C=O) groups excluding carboxylic acids is 2. The predicted octanol–water partition coefficient (Wildman–Crippen LogP) is 6.19. The third-order valence-corrected chi connectivity index (χ3v) is 8.85. The lowest BCUT2D eigenvalue weighted by atomic mass is 10.1. The zero-order chi connectivity index (χ0) is 31.2. The number of hydrogen-bond donors (Lipinski definition) is 1. The number of nitrogens with zero attached hydrogens (tertiary/aromatic N) is 2. The predicted molar refractivity (Wildman–Crippen MR) is 157 cm³/mol. The molecule has 0 saturated carbocycles. The van der Waals surface area contributed by atoms with E-state index >= 15 is 0 Å². The van der Waals surface area contributed by atoms with Crippen LogP contribution < -0.4 is 9.62 Å². The number of benzene rings is 3. The van der Waals surface area contributed by atoms with Crippen molar-refractivity contribution in [2.45, 2.75) is 63.8 Å². The number of aryl methyl sites for hydroxylation is 1. The van der Waals surface area contributed by atoms with E-state index in [1.165, 1.54) is 36.1 Å². The molecular weight excluding hydrogens is 591 g/mol. The first-order valence-electron chi connectivity index (χ1n) is 13.2. The Morgan fingerprint density at radius 3 is 2.24 bits per heavy atom. The summed E-state index contributed by atoms with van der Waals surface area (Å²) in [6.07, 6.45) is -4.16. The molecule has 12 heteroatoms. The molecule has 0 aliphatic heterocycles. The third kappa shape index (κ3) is 8.04. The van der Waals surface area contributed by atoms with Gasteiger partial charge in [0.25, 0.3) is 10.0 Å². The second-order valence-corrected chi connectivity index (χ2v) is 12.3. The highest BCUT2D eigenvalue weighted by Crippen LogP contribution is 2.37. The minimum Gasteiger partial charge on any atom is -0.352 e. The number of hydrogen-bond acceptors (Lipinski definition) is 4. The highest BCUT2D eigenvalue weighted by molar-refractivity contribution is 7.92. The molecule has 2 atom stereocenters. The molecule has 2 unspecified atom stereocenters. The summed E-state index contributed by atoms with van der Waals surface area (Å²) in [5.74, 6) is -1.27. The molecule has 0 fully saturated rings. The summed E-state index contributed by atoms with van der Waals surface area (Å²) >= 11 is 6.27. The van der Waals surface area contributed by atoms with Gasteiger partial charge < -0.3 is 10.2 Å². The normalized spacial score (nSPS) is 13.2. The van der Waals surface area contributed by atoms with E-state index in [1.54, 1.807) is 25.1 Å². The number of carbonyl (C=O) groups is 2. The Morgan fingerprint density at radius 1 is 0.976 bits per heavy atom. The van der Waals surface area contributed by atoms with E-state index in [4.69, 9.17) is 11.6 Å². The molecule has 0 bridgehead atoms. The van der Waals surface area contributed by atoms with Crippen LogP contribution in [0.4, 0.5) is 18.9 Å². The van der Waals surface area contributed by atoms with E-state index in [2.05, 4.69) is 5.32 Å². The molecule has 0 aromatic heterocycles. The van der Waals surface area contributed by atoms with E-state index in [9.17, 15) is 31.2 Å². The lowest BCUT2D eigenvalue weighted by Gasteiger charge is -2.33. The highest BCUT2D eigenvalue weighted by atomic mass is 35.5. The average Bonchev–Trinajstić information content (AvgIpc) is 2.94. The summed E-state index contributed by atoms with van der Waals surface area (Å²) in [6.45, 7) is 6.10. The fraction of sp³-hybridized carbons (Fsp3) is 0.333. The summed E-state index contributed by atoms with van der Waals surface area (Å²) in [4.78, 5) is 28.0. The van der Waals surface area contributed by atoms with Crippen molar-refractivity contribution in [2.24, 2.45) is 0 Å². The van der Waals surface area contributed by atoms with Crippen LogP contribution in [-0.4, -0.2) is 43.8 Å². The average molecular weight is 624 g/mol. The maximum atomic E-state index is 14.0. The first kappa shape index (κ1) is 32.9. The van der Waals surface area contributed by atoms with Gasteiger partial charge in [-0.2, -0.15) is 13.2 Å². The van der Waals surface area contributed by atoms with E-state index in [0.717, 1.165) is 17.7 Å². The van der Waals surface area contributed by atoms with Crippen LogP contribution in [0.15, 0.2) is 77.7 Å². The molecule has 42 heavy (non-hydrogen) atoms. The molecule has 0 saturated heterocycles. The van der Waals surface area contributed by atoms with Crippen LogP contribution in [0.25, 0.3) is 0 Å². The fourth-order valence-corrected chi connectivity index (χ4v) is 5.88. The minimum absolute atomic E-state index is 0.0504. The lowest BCUT2D eigenvalue weighted by Crippen LogP contribution is -2.52. The first-order valence-corrected chi connectivity index (χ1v) is 15.1. The Hall–Kier alpha value is -3.57. The Labute approximate surface area is 249 Å². The second kappa shape index (κ2) is 13.6. The van der Waals surface area contributed by atoms with Gasteiger partial charge in [-0.1, -0.05) is 66.6 Å². The van der Waals surface area contributed by atoms with Gasteiger partial charge >= 0.3 is 6.18 Å². The second-order valence-electron chi connectivity index (χ2n) is 9.99. The molecule has 3 aromatic carbocycles. The number of anilines is 1. The molecular formula is C30H33ClF3N3O4S. The molecule has 7 nitrogen and oxygen atoms in total. The van der Waals surface area contributed by atoms with E-state index in [0.29, 0.717) is 22.4 Å². The Bertz CT molecular complexity index is 1520. The van der Waals surface area contributed by atoms with E-state index < -0.39 is 51.9 Å². The van der Waals surface area contributed by atoms with Crippen LogP contribution in [0.5, 0.6) is 0 Å². The topological polar surface area (TPSA) is 86.8 Å². The standard InChI is InChI=1S/C30H33ClF3N3O4S/c1-5-21(3)35-29(39)22(4)36(18-23-11-9-10-20(2)16-23)28(38)19-37(42(40,41)25-12-7-6-8-13-25)27-17-24(30(32,33)34)14-15-26(27)31/h6-17,21-22H,5,18-19H2,1-4H3,(H,35,39). The number of amides is 2. The maximum Gasteiger partial charge on any atom is 0.416 e. The van der Waals surface area contributed by atoms with Gasteiger partial charge in [0.05, 0.1) is 21.2 Å². The van der Waals surface area contributed by atoms with Gasteiger partial charge in [-0.25, -0.2) is 8.42 Å². The van der Waals surface area contributed by atoms with Gasteiger partial charge in [0.1, 0.15) is 12.6 Å². The third-order valence-electron chi connectivity index (χ3n) is 6.76. The van der Waals surface area contributed by atoms with Crippen LogP contribution >= 0.6 is 11.6 Å². The summed E-state index contributed by atoms with van der Waals surface area (Å²) in [5.41, 5.74) is -0.0711. The van der Waals surface area contributed by atoms with Gasteiger partial charge in [-0.15, -0.1) is 0 Å². The highest BCUT2D eigenvalue weighted by Gasteiger charge is 2.36. The Morgan fingerprint density at radius 2 is 1.64 bits per heavy atom. The summed E-state index contributed by atoms with van der Waals surface area (Å²) in [6, 6.07) is 15.3. The number of rotatable bonds is 11. The van der Waals surface area contributed by atoms with Gasteiger partial charge in [-0.3, -0.25) is 13.9 Å². The van der Waals surface area contributed by atoms with Gasteiger partial charge in [-0.05, 0) is 63.1 Å². The number of sulfonamides is 1. The molecule has 0 aliphatic rings. The molecule has 0 spiro atoms. The monoisotopic (exact) mass is 623 g/mol. The molecule has 1 N–H and O–H groups in total. The van der Waals surface area contributed by atoms with E-state index in [-0.39, 0.29) is 22.5 Å². The van der Waals surface area contributed by atoms with Crippen molar-refractivity contribution in [3.05, 3.63) is 94.5 Å². The number of nitrogens with one attached hydrogen (secondary N) is 1. The zero-order valence-electron chi connectivity index (χ0n) is 23.7. The van der Waals surface area contributed by atoms with Crippen molar-refractivity contribution in [1.82, 2.24) is 10.2 Å². The Balaban J connectivity index is 2.12. The van der Waals surface area contributed by atoms with Crippen molar-refractivity contribution in [1.29, 1.82) is 0 Å². The van der Waals surface area contributed by atoms with Crippen LogP contribution in [-0.2, 0) is 32.3 Å². The van der Waals surface area contributed by atoms with Crippen molar-refractivity contribution >= 4 is 39.1 Å². The molecule has 2 amide bonds. The smallest absolute Gasteiger partial charge is 0.352 e. The number of halogens is 4. The summed E-state index contributed by atoms with van der Waals surface area (Å²) < 4.78 is 69.2. The van der Waals surface area contributed by atoms with E-state index in [1.807, 2.05) is 26.0 Å². The van der Waals surface area contributed by atoms with Gasteiger partial charge in [0.2, 0.25) is 11.8 Å². The van der Waals surface area contributed by atoms with Crippen LogP contribution in [0.1, 0.15) is 43.9 Å². The SMILES string of the molecule is CCC(C)NC(=O)C(C)N(Cc1cccc(C)c1)C(=O)CN(c1cc(C(F)(F)F)ccc1Cl)S(=O)(=O)c1ccccc1. The summed E-state index contributed by atoms with van der Waals surface area (Å²) in [5, 5.41) is 2.52. The molecule has 226 valence electrons. The Kier molecular flexibility index (Phi) is 10.7. The maximum absolute atomic E-state index is 14.0. The van der Waals surface area contributed by atoms with Crippen molar-refractivity contribution in [3.8, 4) is 0 Å². The van der Waals surface area contributed by atoms with Crippen molar-refractivity contribution < 1.29 is 31.2 Å². The number of alkyl halides is 3. The zero-order valence-corrected chi connectivity index (χ0v) is 25.2. The summed E-state index contributed by atoms with van der Waals surface area (Å²) in [7, 11) is -4.58. The molecule has 3 rings (SSSR count). The van der Waals surface area contributed by atoms with Crippen molar-refractivity contribution in [2.75, 3.05) is 10.8 Å². The molecule has 3 aromatic rings. The minimum atomic E-state index is -4.80. The molecule has 0 aliphatic carbocycles. The lowest BCUT2D eigenvalue weighted by molar-refractivity contribution is -0.139. The van der Waals surface area contributed by atoms with Crippen molar-refractivity contribution in [3.63, 3.8) is 0 Å². The fourth-order valence-electron chi connectivity index (χ4n) is 4.17. The van der Waals surface area contributed by atoms with Crippen LogP contribution in [0, 0.1) is 6.92 Å². The largest absolute Gasteiger partial charge is 0.416 e. The van der Waals surface area contributed by atoms with Crippen LogP contribution in [0.3, 0.4) is 0 Å². The molecule has 0 heterocycles. The van der Waals surface area contributed by atoms with Gasteiger partial charge in [0, 0.05) is 12.6 Å².